The molecular formula is C21H17N3O3. The highest BCUT2D eigenvalue weighted by molar-refractivity contribution is 6.02. The fourth-order valence-electron chi connectivity index (χ4n) is 3.08. The molecular weight excluding hydrogens is 342 g/mol. The lowest BCUT2D eigenvalue weighted by Gasteiger charge is -2.03. The maximum Gasteiger partial charge on any atom is 0.299 e. The number of hydrogen-bond donors (Lipinski definition) is 3. The Labute approximate surface area is 154 Å². The molecule has 0 atom stereocenters. The third kappa shape index (κ3) is 3.01. The van der Waals surface area contributed by atoms with Crippen LogP contribution in [-0.4, -0.2) is 21.1 Å². The summed E-state index contributed by atoms with van der Waals surface area (Å²) in [5.41, 5.74) is 2.05. The number of nitrogens with one attached hydrogen (secondary N) is 1. The summed E-state index contributed by atoms with van der Waals surface area (Å²) in [5, 5.41) is 30.3. The van der Waals surface area contributed by atoms with Crippen molar-refractivity contribution in [1.82, 2.24) is 4.98 Å². The van der Waals surface area contributed by atoms with Gasteiger partial charge in [0.25, 0.3) is 5.91 Å². The first-order valence-electron chi connectivity index (χ1n) is 8.58. The molecule has 0 spiro atoms. The van der Waals surface area contributed by atoms with Crippen LogP contribution < -0.4 is 0 Å². The van der Waals surface area contributed by atoms with E-state index >= 15 is 0 Å². The van der Waals surface area contributed by atoms with Crippen LogP contribution in [-0.2, 0) is 6.42 Å². The molecule has 0 saturated carbocycles. The summed E-state index contributed by atoms with van der Waals surface area (Å²) in [4.78, 5) is 15.3. The minimum atomic E-state index is -0.682. The van der Waals surface area contributed by atoms with Crippen LogP contribution in [0.5, 0.6) is 11.6 Å². The number of rotatable bonds is 3. The molecule has 3 aromatic carbocycles. The molecule has 0 bridgehead atoms. The fraction of sp³-hybridized carbons (Fsp3) is 0.0952. The summed E-state index contributed by atoms with van der Waals surface area (Å²) in [6, 6.07) is 16.2. The Morgan fingerprint density at radius 1 is 1.04 bits per heavy atom. The molecule has 6 nitrogen and oxygen atoms in total. The van der Waals surface area contributed by atoms with E-state index in [9.17, 15) is 15.0 Å². The van der Waals surface area contributed by atoms with Crippen LogP contribution in [0.15, 0.2) is 64.8 Å². The Balaban J connectivity index is 1.73. The van der Waals surface area contributed by atoms with E-state index in [0.29, 0.717) is 10.9 Å². The summed E-state index contributed by atoms with van der Waals surface area (Å²) in [6.07, 6.45) is 0.836. The predicted octanol–water partition coefficient (Wildman–Crippen LogP) is 5.22. The molecule has 27 heavy (non-hydrogen) atoms. The molecule has 0 unspecified atom stereocenters. The van der Waals surface area contributed by atoms with E-state index in [2.05, 4.69) is 15.2 Å². The van der Waals surface area contributed by atoms with Crippen molar-refractivity contribution in [3.63, 3.8) is 0 Å². The Kier molecular flexibility index (Phi) is 4.08. The highest BCUT2D eigenvalue weighted by atomic mass is 16.3. The number of carbonyl (C=O) groups is 1. The maximum absolute atomic E-state index is 12.5. The first-order chi connectivity index (χ1) is 13.1. The number of aromatic nitrogens is 1. The van der Waals surface area contributed by atoms with Gasteiger partial charge in [-0.1, -0.05) is 37.3 Å². The molecule has 0 aliphatic carbocycles. The third-order valence-electron chi connectivity index (χ3n) is 4.56. The molecule has 1 amide bonds. The van der Waals surface area contributed by atoms with Crippen molar-refractivity contribution in [2.24, 2.45) is 10.2 Å². The van der Waals surface area contributed by atoms with E-state index in [1.807, 2.05) is 49.4 Å². The van der Waals surface area contributed by atoms with Gasteiger partial charge in [0.15, 0.2) is 5.69 Å². The van der Waals surface area contributed by atoms with E-state index < -0.39 is 5.91 Å². The van der Waals surface area contributed by atoms with Crippen LogP contribution in [0.3, 0.4) is 0 Å². The largest absolute Gasteiger partial charge is 0.507 e. The normalized spacial score (nSPS) is 11.6. The standard InChI is InChI=1S/C21H17N3O3/c1-2-12-7-8-17-15(9-12)19(21(27)22-17)23-24-20(26)16-10-13-5-3-4-6-14(13)11-18(16)25/h3-11,22,25,27H,2H2,1H3. The second kappa shape index (κ2) is 6.57. The van der Waals surface area contributed by atoms with Crippen LogP contribution in [0, 0.1) is 0 Å². The molecule has 0 fully saturated rings. The number of carbonyl (C=O) groups excluding carboxylic acids is 1. The average Bonchev–Trinajstić information content (AvgIpc) is 2.99. The van der Waals surface area contributed by atoms with Gasteiger partial charge in [0, 0.05) is 5.39 Å². The number of hydrogen-bond acceptors (Lipinski definition) is 4. The van der Waals surface area contributed by atoms with Crippen molar-refractivity contribution < 1.29 is 15.0 Å². The van der Waals surface area contributed by atoms with Gasteiger partial charge in [-0.2, -0.15) is 0 Å². The van der Waals surface area contributed by atoms with Crippen molar-refractivity contribution >= 4 is 33.3 Å². The number of aromatic hydroxyl groups is 2. The topological polar surface area (TPSA) is 98.0 Å². The second-order valence-corrected chi connectivity index (χ2v) is 6.28. The van der Waals surface area contributed by atoms with E-state index in [1.165, 1.54) is 6.07 Å². The van der Waals surface area contributed by atoms with Crippen molar-refractivity contribution in [2.45, 2.75) is 13.3 Å². The Morgan fingerprint density at radius 3 is 2.52 bits per heavy atom. The lowest BCUT2D eigenvalue weighted by molar-refractivity contribution is 0.0992. The lowest BCUT2D eigenvalue weighted by Crippen LogP contribution is -1.94. The van der Waals surface area contributed by atoms with Crippen LogP contribution in [0.4, 0.5) is 5.69 Å². The molecule has 6 heteroatoms. The van der Waals surface area contributed by atoms with Gasteiger partial charge in [0.05, 0.1) is 11.1 Å². The molecule has 4 rings (SSSR count). The quantitative estimate of drug-likeness (QED) is 0.437. The number of phenols is 1. The summed E-state index contributed by atoms with van der Waals surface area (Å²) in [5.74, 6) is -0.995. The SMILES string of the molecule is CCc1ccc2[nH]c(O)c(N=NC(=O)c3cc4ccccc4cc3O)c2c1. The number of phenolic OH excluding ortho intramolecular Hbond substituents is 1. The van der Waals surface area contributed by atoms with Gasteiger partial charge < -0.3 is 15.2 Å². The lowest BCUT2D eigenvalue weighted by atomic mass is 10.1. The minimum absolute atomic E-state index is 0.0611. The molecule has 0 radical (unpaired) electrons. The maximum atomic E-state index is 12.5. The highest BCUT2D eigenvalue weighted by Crippen LogP contribution is 2.36. The zero-order valence-corrected chi connectivity index (χ0v) is 14.6. The van der Waals surface area contributed by atoms with Crippen molar-refractivity contribution in [1.29, 1.82) is 0 Å². The van der Waals surface area contributed by atoms with E-state index in [-0.39, 0.29) is 22.9 Å². The highest BCUT2D eigenvalue weighted by Gasteiger charge is 2.15. The summed E-state index contributed by atoms with van der Waals surface area (Å²) < 4.78 is 0. The molecule has 1 heterocycles. The van der Waals surface area contributed by atoms with Gasteiger partial charge in [0.2, 0.25) is 5.88 Å². The van der Waals surface area contributed by atoms with Crippen LogP contribution >= 0.6 is 0 Å². The predicted molar refractivity (Wildman–Crippen MR) is 104 cm³/mol. The van der Waals surface area contributed by atoms with Gasteiger partial charge in [0.1, 0.15) is 5.75 Å². The third-order valence-corrected chi connectivity index (χ3v) is 4.56. The first-order valence-corrected chi connectivity index (χ1v) is 8.58. The number of amides is 1. The van der Waals surface area contributed by atoms with E-state index in [1.54, 1.807) is 6.07 Å². The van der Waals surface area contributed by atoms with Crippen LogP contribution in [0.1, 0.15) is 22.8 Å². The number of benzene rings is 3. The summed E-state index contributed by atoms with van der Waals surface area (Å²) in [7, 11) is 0. The number of H-pyrrole nitrogens is 1. The summed E-state index contributed by atoms with van der Waals surface area (Å²) >= 11 is 0. The summed E-state index contributed by atoms with van der Waals surface area (Å²) in [6.45, 7) is 2.03. The average molecular weight is 359 g/mol. The first kappa shape index (κ1) is 16.8. The molecule has 4 aromatic rings. The van der Waals surface area contributed by atoms with Crippen molar-refractivity contribution in [3.8, 4) is 11.6 Å². The van der Waals surface area contributed by atoms with E-state index in [0.717, 1.165) is 22.8 Å². The molecule has 0 aliphatic rings. The second-order valence-electron chi connectivity index (χ2n) is 6.28. The Morgan fingerprint density at radius 2 is 1.78 bits per heavy atom. The number of aromatic amines is 1. The van der Waals surface area contributed by atoms with Crippen molar-refractivity contribution in [2.75, 3.05) is 0 Å². The van der Waals surface area contributed by atoms with Crippen LogP contribution in [0.2, 0.25) is 0 Å². The molecule has 0 saturated heterocycles. The van der Waals surface area contributed by atoms with Gasteiger partial charge >= 0.3 is 0 Å². The van der Waals surface area contributed by atoms with Gasteiger partial charge in [-0.25, -0.2) is 0 Å². The number of azo groups is 1. The van der Waals surface area contributed by atoms with Crippen molar-refractivity contribution in [3.05, 3.63) is 65.7 Å². The van der Waals surface area contributed by atoms with Crippen LogP contribution in [0.25, 0.3) is 21.7 Å². The zero-order valence-electron chi connectivity index (χ0n) is 14.6. The monoisotopic (exact) mass is 359 g/mol. The minimum Gasteiger partial charge on any atom is -0.507 e. The van der Waals surface area contributed by atoms with Gasteiger partial charge in [-0.05, 0) is 47.0 Å². The molecule has 0 aliphatic heterocycles. The molecule has 1 aromatic heterocycles. The number of nitrogens with zero attached hydrogens (tertiary/aromatic N) is 2. The Hall–Kier alpha value is -3.67. The fourth-order valence-corrected chi connectivity index (χ4v) is 3.08. The number of fused-ring (bicyclic) bond motifs is 2. The zero-order chi connectivity index (χ0) is 19.0. The molecule has 3 N–H and O–H groups in total. The number of aryl methyl sites for hydroxylation is 1. The van der Waals surface area contributed by atoms with E-state index in [4.69, 9.17) is 0 Å². The Bertz CT molecular complexity index is 1210. The van der Waals surface area contributed by atoms with Gasteiger partial charge in [-0.15, -0.1) is 10.2 Å². The molecule has 134 valence electrons. The van der Waals surface area contributed by atoms with Gasteiger partial charge in [-0.3, -0.25) is 4.79 Å². The smallest absolute Gasteiger partial charge is 0.299 e.